The number of nitrogens with zero attached hydrogens (tertiary/aromatic N) is 2. The second kappa shape index (κ2) is 19.3. The van der Waals surface area contributed by atoms with Gasteiger partial charge in [-0.2, -0.15) is 0 Å². The van der Waals surface area contributed by atoms with Crippen molar-refractivity contribution >= 4 is 0 Å². The first-order valence-corrected chi connectivity index (χ1v) is 14.7. The van der Waals surface area contributed by atoms with Gasteiger partial charge >= 0.3 is 0 Å². The zero-order valence-corrected chi connectivity index (χ0v) is 23.1. The van der Waals surface area contributed by atoms with Gasteiger partial charge in [0.2, 0.25) is 0 Å². The molecule has 35 heavy (non-hydrogen) atoms. The summed E-state index contributed by atoms with van der Waals surface area (Å²) >= 11 is 0. The molecule has 0 N–H and O–H groups in total. The summed E-state index contributed by atoms with van der Waals surface area (Å²) in [5.74, 6) is 2.56. The summed E-state index contributed by atoms with van der Waals surface area (Å²) in [6.07, 6.45) is 26.6. The van der Waals surface area contributed by atoms with E-state index in [-0.39, 0.29) is 0 Å². The van der Waals surface area contributed by atoms with Gasteiger partial charge in [0, 0.05) is 18.0 Å². The summed E-state index contributed by atoms with van der Waals surface area (Å²) in [6.45, 7) is 7.69. The molecule has 2 rings (SSSR count). The van der Waals surface area contributed by atoms with E-state index in [0.29, 0.717) is 0 Å². The van der Waals surface area contributed by atoms with Crippen LogP contribution < -0.4 is 4.74 Å². The first-order valence-electron chi connectivity index (χ1n) is 14.7. The van der Waals surface area contributed by atoms with Gasteiger partial charge in [-0.15, -0.1) is 0 Å². The van der Waals surface area contributed by atoms with Crippen LogP contribution in [0.1, 0.15) is 129 Å². The minimum absolute atomic E-state index is 0.796. The minimum atomic E-state index is 0.796. The standard InChI is InChI=1S/C32H52N2O/c1-4-5-6-7-8-9-10-11-14-17-20-29-26-33-32(34-27-29)30-21-23-31(24-22-30)35-25-18-15-12-13-16-19-28(2)3/h21-24,26-28H,4-20,25H2,1-3H3. The van der Waals surface area contributed by atoms with Crippen LogP contribution >= 0.6 is 0 Å². The van der Waals surface area contributed by atoms with E-state index in [1.807, 2.05) is 24.5 Å². The van der Waals surface area contributed by atoms with Crippen molar-refractivity contribution in [3.05, 3.63) is 42.2 Å². The van der Waals surface area contributed by atoms with Gasteiger partial charge in [-0.1, -0.05) is 111 Å². The molecule has 0 aliphatic rings. The average molecular weight is 481 g/mol. The number of unbranched alkanes of at least 4 members (excludes halogenated alkanes) is 13. The third kappa shape index (κ3) is 14.3. The largest absolute Gasteiger partial charge is 0.494 e. The van der Waals surface area contributed by atoms with Crippen molar-refractivity contribution in [1.29, 1.82) is 0 Å². The van der Waals surface area contributed by atoms with Crippen LogP contribution in [0.15, 0.2) is 36.7 Å². The van der Waals surface area contributed by atoms with Gasteiger partial charge < -0.3 is 4.74 Å². The van der Waals surface area contributed by atoms with Crippen molar-refractivity contribution in [3.63, 3.8) is 0 Å². The lowest BCUT2D eigenvalue weighted by molar-refractivity contribution is 0.304. The first kappa shape index (κ1) is 29.3. The molecule has 3 heteroatoms. The fourth-order valence-electron chi connectivity index (χ4n) is 4.52. The maximum atomic E-state index is 5.92. The molecule has 0 atom stereocenters. The van der Waals surface area contributed by atoms with Gasteiger partial charge in [-0.3, -0.25) is 0 Å². The van der Waals surface area contributed by atoms with Crippen molar-refractivity contribution < 1.29 is 4.74 Å². The third-order valence-corrected chi connectivity index (χ3v) is 6.83. The highest BCUT2D eigenvalue weighted by Gasteiger charge is 2.03. The number of aromatic nitrogens is 2. The molecule has 0 fully saturated rings. The Morgan fingerprint density at radius 1 is 0.657 bits per heavy atom. The molecule has 0 radical (unpaired) electrons. The van der Waals surface area contributed by atoms with Gasteiger partial charge in [-0.05, 0) is 55.0 Å². The van der Waals surface area contributed by atoms with Gasteiger partial charge in [0.25, 0.3) is 0 Å². The van der Waals surface area contributed by atoms with E-state index >= 15 is 0 Å². The van der Waals surface area contributed by atoms with Gasteiger partial charge in [-0.25, -0.2) is 9.97 Å². The highest BCUT2D eigenvalue weighted by molar-refractivity contribution is 5.55. The molecule has 0 aliphatic heterocycles. The molecule has 0 aliphatic carbocycles. The van der Waals surface area contributed by atoms with Crippen LogP contribution in [0.25, 0.3) is 11.4 Å². The van der Waals surface area contributed by atoms with Crippen molar-refractivity contribution in [2.45, 2.75) is 130 Å². The summed E-state index contributed by atoms with van der Waals surface area (Å²) in [6, 6.07) is 8.22. The normalized spacial score (nSPS) is 11.3. The third-order valence-electron chi connectivity index (χ3n) is 6.83. The average Bonchev–Trinajstić information content (AvgIpc) is 2.87. The van der Waals surface area contributed by atoms with Crippen molar-refractivity contribution in [2.75, 3.05) is 6.61 Å². The van der Waals surface area contributed by atoms with Gasteiger partial charge in [0.05, 0.1) is 6.61 Å². The molecule has 0 saturated heterocycles. The number of benzene rings is 1. The van der Waals surface area contributed by atoms with Crippen LogP contribution in [0.2, 0.25) is 0 Å². The predicted octanol–water partition coefficient (Wildman–Crippen LogP) is 9.98. The zero-order valence-electron chi connectivity index (χ0n) is 23.1. The summed E-state index contributed by atoms with van der Waals surface area (Å²) in [4.78, 5) is 9.22. The second-order valence-corrected chi connectivity index (χ2v) is 10.7. The monoisotopic (exact) mass is 480 g/mol. The molecule has 1 heterocycles. The second-order valence-electron chi connectivity index (χ2n) is 10.7. The fourth-order valence-corrected chi connectivity index (χ4v) is 4.52. The summed E-state index contributed by atoms with van der Waals surface area (Å²) in [5.41, 5.74) is 2.30. The number of ether oxygens (including phenoxy) is 1. The Bertz CT molecular complexity index is 739. The molecule has 1 aromatic heterocycles. The number of hydrogen-bond donors (Lipinski definition) is 0. The van der Waals surface area contributed by atoms with E-state index in [9.17, 15) is 0 Å². The zero-order chi connectivity index (χ0) is 25.0. The summed E-state index contributed by atoms with van der Waals surface area (Å²) < 4.78 is 5.92. The Morgan fingerprint density at radius 3 is 1.80 bits per heavy atom. The van der Waals surface area contributed by atoms with Crippen LogP contribution in [-0.4, -0.2) is 16.6 Å². The Labute approximate surface area is 216 Å². The lowest BCUT2D eigenvalue weighted by atomic mass is 10.0. The smallest absolute Gasteiger partial charge is 0.159 e. The summed E-state index contributed by atoms with van der Waals surface area (Å²) in [7, 11) is 0. The van der Waals surface area contributed by atoms with E-state index < -0.39 is 0 Å². The molecule has 2 aromatic rings. The molecule has 0 amide bonds. The molecule has 3 nitrogen and oxygen atoms in total. The van der Waals surface area contributed by atoms with Crippen molar-refractivity contribution in [1.82, 2.24) is 9.97 Å². The lowest BCUT2D eigenvalue weighted by Gasteiger charge is -2.08. The molecule has 0 unspecified atom stereocenters. The Hall–Kier alpha value is -1.90. The van der Waals surface area contributed by atoms with Crippen LogP contribution in [0, 0.1) is 5.92 Å². The van der Waals surface area contributed by atoms with E-state index in [2.05, 4.69) is 42.9 Å². The Balaban J connectivity index is 1.56. The molecule has 0 saturated carbocycles. The first-order chi connectivity index (χ1) is 17.2. The number of hydrogen-bond acceptors (Lipinski definition) is 3. The lowest BCUT2D eigenvalue weighted by Crippen LogP contribution is -1.98. The van der Waals surface area contributed by atoms with E-state index in [1.54, 1.807) is 0 Å². The van der Waals surface area contributed by atoms with E-state index in [0.717, 1.165) is 42.5 Å². The maximum Gasteiger partial charge on any atom is 0.159 e. The molecular formula is C32H52N2O. The molecule has 196 valence electrons. The highest BCUT2D eigenvalue weighted by Crippen LogP contribution is 2.20. The molecule has 0 spiro atoms. The number of rotatable bonds is 21. The molecule has 1 aromatic carbocycles. The summed E-state index contributed by atoms with van der Waals surface area (Å²) in [5, 5.41) is 0. The topological polar surface area (TPSA) is 35.0 Å². The molecule has 0 bridgehead atoms. The van der Waals surface area contributed by atoms with Crippen LogP contribution in [0.4, 0.5) is 0 Å². The Morgan fingerprint density at radius 2 is 1.20 bits per heavy atom. The maximum absolute atomic E-state index is 5.92. The Kier molecular flexibility index (Phi) is 16.2. The SMILES string of the molecule is CCCCCCCCCCCCc1cnc(-c2ccc(OCCCCCCCC(C)C)cc2)nc1. The van der Waals surface area contributed by atoms with Crippen molar-refractivity contribution in [2.24, 2.45) is 5.92 Å². The van der Waals surface area contributed by atoms with Crippen LogP contribution in [-0.2, 0) is 6.42 Å². The van der Waals surface area contributed by atoms with Gasteiger partial charge in [0.1, 0.15) is 5.75 Å². The van der Waals surface area contributed by atoms with Crippen LogP contribution in [0.5, 0.6) is 5.75 Å². The minimum Gasteiger partial charge on any atom is -0.494 e. The van der Waals surface area contributed by atoms with Crippen molar-refractivity contribution in [3.8, 4) is 17.1 Å². The fraction of sp³-hybridized carbons (Fsp3) is 0.688. The highest BCUT2D eigenvalue weighted by atomic mass is 16.5. The van der Waals surface area contributed by atoms with E-state index in [4.69, 9.17) is 4.74 Å². The van der Waals surface area contributed by atoms with E-state index in [1.165, 1.54) is 102 Å². The van der Waals surface area contributed by atoms with Gasteiger partial charge in [0.15, 0.2) is 5.82 Å². The quantitative estimate of drug-likeness (QED) is 0.167. The molecular weight excluding hydrogens is 428 g/mol. The number of aryl methyl sites for hydroxylation is 1. The predicted molar refractivity (Wildman–Crippen MR) is 151 cm³/mol. The van der Waals surface area contributed by atoms with Crippen LogP contribution in [0.3, 0.4) is 0 Å².